The number of hydrogen-bond acceptors (Lipinski definition) is 3. The molecule has 0 saturated heterocycles. The second kappa shape index (κ2) is 10.2. The lowest BCUT2D eigenvalue weighted by Crippen LogP contribution is -2.43. The summed E-state index contributed by atoms with van der Waals surface area (Å²) in [6.07, 6.45) is 3.38. The number of likely N-dealkylation sites (N-methyl/N-ethyl adjacent to an activating group) is 1. The highest BCUT2D eigenvalue weighted by atomic mass is 79.9. The zero-order chi connectivity index (χ0) is 15.7. The highest BCUT2D eigenvalue weighted by Gasteiger charge is 2.21. The number of ether oxygens (including phenoxy) is 2. The molecule has 0 aliphatic carbocycles. The Kier molecular flexibility index (Phi) is 8.97. The van der Waals surface area contributed by atoms with Gasteiger partial charge in [0.05, 0.1) is 13.2 Å². The molecule has 0 aliphatic rings. The molecule has 2 unspecified atom stereocenters. The molecular weight excluding hydrogens is 330 g/mol. The highest BCUT2D eigenvalue weighted by molar-refractivity contribution is 9.10. The Balaban J connectivity index is 2.90. The van der Waals surface area contributed by atoms with Crippen LogP contribution in [0, 0.1) is 0 Å². The monoisotopic (exact) mass is 357 g/mol. The van der Waals surface area contributed by atoms with Crippen LogP contribution >= 0.6 is 15.9 Å². The van der Waals surface area contributed by atoms with Gasteiger partial charge in [-0.3, -0.25) is 0 Å². The van der Waals surface area contributed by atoms with Gasteiger partial charge in [0.15, 0.2) is 0 Å². The van der Waals surface area contributed by atoms with Crippen LogP contribution in [0.4, 0.5) is 0 Å². The van der Waals surface area contributed by atoms with E-state index < -0.39 is 0 Å². The van der Waals surface area contributed by atoms with Crippen LogP contribution in [0.2, 0.25) is 0 Å². The second-order valence-electron chi connectivity index (χ2n) is 5.11. The molecule has 0 spiro atoms. The quantitative estimate of drug-likeness (QED) is 0.681. The van der Waals surface area contributed by atoms with Gasteiger partial charge in [-0.05, 0) is 50.1 Å². The number of methoxy groups -OCH3 is 1. The summed E-state index contributed by atoms with van der Waals surface area (Å²) in [4.78, 5) is 0. The van der Waals surface area contributed by atoms with E-state index in [0.29, 0.717) is 6.04 Å². The molecule has 3 nitrogen and oxygen atoms in total. The van der Waals surface area contributed by atoms with Gasteiger partial charge in [-0.2, -0.15) is 0 Å². The first-order valence-corrected chi connectivity index (χ1v) is 8.62. The van der Waals surface area contributed by atoms with E-state index in [1.165, 1.54) is 5.56 Å². The normalized spacial score (nSPS) is 14.0. The fourth-order valence-electron chi connectivity index (χ4n) is 2.57. The molecular formula is C17H28BrNO2. The summed E-state index contributed by atoms with van der Waals surface area (Å²) in [7, 11) is 1.70. The minimum Gasteiger partial charge on any atom is -0.497 e. The lowest BCUT2D eigenvalue weighted by atomic mass is 9.98. The topological polar surface area (TPSA) is 30.5 Å². The number of halogens is 1. The van der Waals surface area contributed by atoms with Gasteiger partial charge in [-0.25, -0.2) is 0 Å². The predicted molar refractivity (Wildman–Crippen MR) is 92.2 cm³/mol. The Hall–Kier alpha value is -0.580. The molecule has 0 bridgehead atoms. The highest BCUT2D eigenvalue weighted by Crippen LogP contribution is 2.25. The van der Waals surface area contributed by atoms with Gasteiger partial charge in [-0.1, -0.05) is 36.2 Å². The van der Waals surface area contributed by atoms with Crippen molar-refractivity contribution in [2.45, 2.75) is 52.2 Å². The summed E-state index contributed by atoms with van der Waals surface area (Å²) in [5.74, 6) is 0.895. The van der Waals surface area contributed by atoms with Crippen molar-refractivity contribution in [1.82, 2.24) is 5.32 Å². The van der Waals surface area contributed by atoms with E-state index in [1.54, 1.807) is 7.11 Å². The lowest BCUT2D eigenvalue weighted by molar-refractivity contribution is 0.0285. The molecule has 21 heavy (non-hydrogen) atoms. The van der Waals surface area contributed by atoms with Crippen LogP contribution in [0.25, 0.3) is 0 Å². The predicted octanol–water partition coefficient (Wildman–Crippen LogP) is 4.18. The van der Waals surface area contributed by atoms with E-state index in [1.807, 2.05) is 12.1 Å². The van der Waals surface area contributed by atoms with Gasteiger partial charge >= 0.3 is 0 Å². The number of benzene rings is 1. The van der Waals surface area contributed by atoms with Crippen molar-refractivity contribution in [2.75, 3.05) is 20.3 Å². The van der Waals surface area contributed by atoms with Crippen molar-refractivity contribution < 1.29 is 9.47 Å². The van der Waals surface area contributed by atoms with Crippen LogP contribution in [0.15, 0.2) is 22.7 Å². The molecule has 1 rings (SSSR count). The van der Waals surface area contributed by atoms with Crippen LogP contribution in [-0.2, 0) is 11.2 Å². The van der Waals surface area contributed by atoms with Crippen LogP contribution in [0.5, 0.6) is 5.75 Å². The Labute approximate surface area is 137 Å². The molecule has 0 amide bonds. The Morgan fingerprint density at radius 1 is 1.24 bits per heavy atom. The van der Waals surface area contributed by atoms with Crippen LogP contribution in [-0.4, -0.2) is 32.4 Å². The van der Waals surface area contributed by atoms with E-state index >= 15 is 0 Å². The summed E-state index contributed by atoms with van der Waals surface area (Å²) in [5.41, 5.74) is 1.25. The van der Waals surface area contributed by atoms with Crippen LogP contribution in [0.1, 0.15) is 39.2 Å². The molecule has 2 atom stereocenters. The third-order valence-electron chi connectivity index (χ3n) is 3.56. The third kappa shape index (κ3) is 5.97. The number of hydrogen-bond donors (Lipinski definition) is 1. The number of rotatable bonds is 10. The van der Waals surface area contributed by atoms with Crippen molar-refractivity contribution in [3.8, 4) is 5.75 Å². The average Bonchev–Trinajstić information content (AvgIpc) is 2.48. The van der Waals surface area contributed by atoms with Crippen molar-refractivity contribution in [3.05, 3.63) is 28.2 Å². The second-order valence-corrected chi connectivity index (χ2v) is 5.96. The first-order valence-electron chi connectivity index (χ1n) is 7.83. The first-order chi connectivity index (χ1) is 10.2. The molecule has 0 aromatic heterocycles. The van der Waals surface area contributed by atoms with Gasteiger partial charge < -0.3 is 14.8 Å². The zero-order valence-corrected chi connectivity index (χ0v) is 15.2. The fraction of sp³-hybridized carbons (Fsp3) is 0.647. The Bertz CT molecular complexity index is 406. The Morgan fingerprint density at radius 3 is 2.57 bits per heavy atom. The molecule has 0 aliphatic heterocycles. The largest absolute Gasteiger partial charge is 0.497 e. The van der Waals surface area contributed by atoms with Crippen molar-refractivity contribution >= 4 is 15.9 Å². The third-order valence-corrected chi connectivity index (χ3v) is 4.34. The van der Waals surface area contributed by atoms with Gasteiger partial charge in [0.1, 0.15) is 5.75 Å². The minimum atomic E-state index is 0.248. The summed E-state index contributed by atoms with van der Waals surface area (Å²) in [6.45, 7) is 8.11. The van der Waals surface area contributed by atoms with Gasteiger partial charge in [0.25, 0.3) is 0 Å². The van der Waals surface area contributed by atoms with Gasteiger partial charge in [0, 0.05) is 17.1 Å². The maximum atomic E-state index is 5.96. The molecule has 0 saturated carbocycles. The minimum absolute atomic E-state index is 0.248. The maximum absolute atomic E-state index is 5.96. The van der Waals surface area contributed by atoms with E-state index in [0.717, 1.165) is 42.6 Å². The van der Waals surface area contributed by atoms with Gasteiger partial charge in [0.2, 0.25) is 0 Å². The molecule has 1 aromatic rings. The van der Waals surface area contributed by atoms with Crippen LogP contribution in [0.3, 0.4) is 0 Å². The van der Waals surface area contributed by atoms with E-state index in [4.69, 9.17) is 9.47 Å². The molecule has 0 radical (unpaired) electrons. The standard InChI is InChI=1S/C17H28BrNO2/c1-5-8-17(21-7-3)16(19-6-2)12-13-11-14(20-4)9-10-15(13)18/h9-11,16-17,19H,5-8,12H2,1-4H3. The summed E-state index contributed by atoms with van der Waals surface area (Å²) < 4.78 is 12.4. The SMILES string of the molecule is CCCC(OCC)C(Cc1cc(OC)ccc1Br)NCC. The zero-order valence-electron chi connectivity index (χ0n) is 13.6. The lowest BCUT2D eigenvalue weighted by Gasteiger charge is -2.28. The van der Waals surface area contributed by atoms with Crippen molar-refractivity contribution in [3.63, 3.8) is 0 Å². The van der Waals surface area contributed by atoms with Gasteiger partial charge in [-0.15, -0.1) is 0 Å². The summed E-state index contributed by atoms with van der Waals surface area (Å²) >= 11 is 3.64. The smallest absolute Gasteiger partial charge is 0.119 e. The molecule has 4 heteroatoms. The van der Waals surface area contributed by atoms with E-state index in [9.17, 15) is 0 Å². The van der Waals surface area contributed by atoms with Crippen LogP contribution < -0.4 is 10.1 Å². The summed E-state index contributed by atoms with van der Waals surface area (Å²) in [5, 5.41) is 3.58. The molecule has 120 valence electrons. The first kappa shape index (κ1) is 18.5. The molecule has 0 heterocycles. The van der Waals surface area contributed by atoms with E-state index in [-0.39, 0.29) is 6.10 Å². The van der Waals surface area contributed by atoms with Crippen molar-refractivity contribution in [2.24, 2.45) is 0 Å². The molecule has 0 fully saturated rings. The molecule has 1 aromatic carbocycles. The Morgan fingerprint density at radius 2 is 2.00 bits per heavy atom. The van der Waals surface area contributed by atoms with Crippen molar-refractivity contribution in [1.29, 1.82) is 0 Å². The fourth-order valence-corrected chi connectivity index (χ4v) is 2.98. The molecule has 1 N–H and O–H groups in total. The number of nitrogens with one attached hydrogen (secondary N) is 1. The van der Waals surface area contributed by atoms with E-state index in [2.05, 4.69) is 48.1 Å². The average molecular weight is 358 g/mol. The summed E-state index contributed by atoms with van der Waals surface area (Å²) in [6, 6.07) is 6.44. The maximum Gasteiger partial charge on any atom is 0.119 e.